The van der Waals surface area contributed by atoms with E-state index in [0.29, 0.717) is 22.5 Å². The maximum atomic E-state index is 11.6. The first-order chi connectivity index (χ1) is 8.08. The van der Waals surface area contributed by atoms with Crippen LogP contribution in [0.3, 0.4) is 0 Å². The van der Waals surface area contributed by atoms with Crippen LogP contribution in [0.4, 0.5) is 5.69 Å². The summed E-state index contributed by atoms with van der Waals surface area (Å²) in [7, 11) is 0. The molecular formula is C11H9Cl2N3O. The first-order valence-corrected chi connectivity index (χ1v) is 5.96. The van der Waals surface area contributed by atoms with E-state index in [9.17, 15) is 4.79 Å². The summed E-state index contributed by atoms with van der Waals surface area (Å²) in [5.41, 5.74) is 1.63. The molecule has 0 unspecified atom stereocenters. The molecule has 2 aliphatic heterocycles. The fourth-order valence-corrected chi connectivity index (χ4v) is 2.43. The zero-order chi connectivity index (χ0) is 12.2. The summed E-state index contributed by atoms with van der Waals surface area (Å²) in [5, 5.41) is 3.76. The van der Waals surface area contributed by atoms with Gasteiger partial charge in [0, 0.05) is 5.56 Å². The van der Waals surface area contributed by atoms with E-state index in [1.807, 2.05) is 17.9 Å². The molecule has 0 spiro atoms. The van der Waals surface area contributed by atoms with E-state index in [4.69, 9.17) is 23.2 Å². The molecule has 88 valence electrons. The van der Waals surface area contributed by atoms with E-state index in [1.54, 1.807) is 6.07 Å². The van der Waals surface area contributed by atoms with Gasteiger partial charge in [0.2, 0.25) is 11.9 Å². The molecule has 3 rings (SSSR count). The molecule has 2 heterocycles. The minimum atomic E-state index is -0.225. The summed E-state index contributed by atoms with van der Waals surface area (Å²) in [5.74, 6) is 0.548. The average molecular weight is 270 g/mol. The summed E-state index contributed by atoms with van der Waals surface area (Å²) >= 11 is 12.1. The third-order valence-corrected chi connectivity index (χ3v) is 3.92. The second-order valence-electron chi connectivity index (χ2n) is 4.09. The molecule has 0 aromatic heterocycles. The van der Waals surface area contributed by atoms with Crippen LogP contribution in [-0.2, 0) is 11.3 Å². The molecule has 6 heteroatoms. The normalized spacial score (nSPS) is 21.8. The Hall–Kier alpha value is -1.26. The van der Waals surface area contributed by atoms with Gasteiger partial charge in [0.05, 0.1) is 22.3 Å². The molecule has 1 saturated heterocycles. The lowest BCUT2D eigenvalue weighted by molar-refractivity contribution is -0.121. The Morgan fingerprint density at radius 3 is 3.00 bits per heavy atom. The Morgan fingerprint density at radius 2 is 2.24 bits per heavy atom. The topological polar surface area (TPSA) is 44.7 Å². The van der Waals surface area contributed by atoms with Crippen LogP contribution in [0.5, 0.6) is 0 Å². The number of nitrogens with zero attached hydrogens (tertiary/aromatic N) is 2. The quantitative estimate of drug-likeness (QED) is 0.786. The predicted octanol–water partition coefficient (Wildman–Crippen LogP) is 2.31. The molecule has 4 nitrogen and oxygen atoms in total. The highest BCUT2D eigenvalue weighted by Crippen LogP contribution is 2.37. The van der Waals surface area contributed by atoms with E-state index in [2.05, 4.69) is 10.3 Å². The number of hydrogen-bond donors (Lipinski definition) is 1. The third kappa shape index (κ3) is 1.51. The highest BCUT2D eigenvalue weighted by molar-refractivity contribution is 6.42. The number of hydrogen-bond acceptors (Lipinski definition) is 3. The van der Waals surface area contributed by atoms with Gasteiger partial charge in [-0.05, 0) is 19.1 Å². The molecule has 0 bridgehead atoms. The molecule has 0 aliphatic carbocycles. The Labute approximate surface area is 108 Å². The van der Waals surface area contributed by atoms with E-state index in [0.717, 1.165) is 11.3 Å². The van der Waals surface area contributed by atoms with Crippen molar-refractivity contribution < 1.29 is 4.79 Å². The Bertz CT molecular complexity index is 556. The van der Waals surface area contributed by atoms with Gasteiger partial charge in [0.1, 0.15) is 6.04 Å². The van der Waals surface area contributed by atoms with Gasteiger partial charge in [-0.1, -0.05) is 23.2 Å². The lowest BCUT2D eigenvalue weighted by Crippen LogP contribution is -2.35. The van der Waals surface area contributed by atoms with Gasteiger partial charge in [-0.25, -0.2) is 4.99 Å². The number of halogens is 2. The van der Waals surface area contributed by atoms with Gasteiger partial charge in [0.25, 0.3) is 0 Å². The van der Waals surface area contributed by atoms with Crippen molar-refractivity contribution >= 4 is 40.8 Å². The summed E-state index contributed by atoms with van der Waals surface area (Å²) < 4.78 is 0. The minimum absolute atomic E-state index is 0.0428. The Kier molecular flexibility index (Phi) is 2.31. The fourth-order valence-electron chi connectivity index (χ4n) is 2.04. The minimum Gasteiger partial charge on any atom is -0.326 e. The molecule has 0 saturated carbocycles. The predicted molar refractivity (Wildman–Crippen MR) is 66.7 cm³/mol. The monoisotopic (exact) mass is 269 g/mol. The molecule has 1 aromatic carbocycles. The number of nitrogens with one attached hydrogen (secondary N) is 1. The van der Waals surface area contributed by atoms with Crippen LogP contribution >= 0.6 is 23.2 Å². The first-order valence-electron chi connectivity index (χ1n) is 5.21. The van der Waals surface area contributed by atoms with Crippen LogP contribution in [-0.4, -0.2) is 22.8 Å². The smallest absolute Gasteiger partial charge is 0.249 e. The number of benzene rings is 1. The van der Waals surface area contributed by atoms with E-state index >= 15 is 0 Å². The Morgan fingerprint density at radius 1 is 1.47 bits per heavy atom. The molecule has 1 aromatic rings. The first kappa shape index (κ1) is 10.9. The SMILES string of the molecule is C[C@@H]1C(=O)NC2=Nc3ccc(Cl)c(Cl)c3CN21. The van der Waals surface area contributed by atoms with Crippen molar-refractivity contribution in [2.75, 3.05) is 0 Å². The standard InChI is InChI=1S/C11H9Cl2N3O/c1-5-10(17)15-11-14-8-3-2-7(12)9(13)6(8)4-16(5)11/h2-3,5H,4H2,1H3,(H,14,15,17)/t5-/m1/s1. The van der Waals surface area contributed by atoms with Crippen LogP contribution in [0.15, 0.2) is 17.1 Å². The second kappa shape index (κ2) is 3.62. The zero-order valence-corrected chi connectivity index (χ0v) is 10.5. The number of guanidine groups is 1. The van der Waals surface area contributed by atoms with Crippen molar-refractivity contribution in [2.24, 2.45) is 4.99 Å². The van der Waals surface area contributed by atoms with Crippen molar-refractivity contribution in [3.63, 3.8) is 0 Å². The maximum absolute atomic E-state index is 11.6. The maximum Gasteiger partial charge on any atom is 0.249 e. The van der Waals surface area contributed by atoms with Gasteiger partial charge in [-0.3, -0.25) is 10.1 Å². The fraction of sp³-hybridized carbons (Fsp3) is 0.273. The average Bonchev–Trinajstić information content (AvgIpc) is 2.58. The van der Waals surface area contributed by atoms with Crippen LogP contribution in [0.25, 0.3) is 0 Å². The van der Waals surface area contributed by atoms with Crippen LogP contribution in [0, 0.1) is 0 Å². The summed E-state index contributed by atoms with van der Waals surface area (Å²) in [6.07, 6.45) is 0. The van der Waals surface area contributed by atoms with Crippen LogP contribution in [0.2, 0.25) is 10.0 Å². The van der Waals surface area contributed by atoms with Gasteiger partial charge >= 0.3 is 0 Å². The van der Waals surface area contributed by atoms with Crippen LogP contribution < -0.4 is 5.32 Å². The number of fused-ring (bicyclic) bond motifs is 2. The van der Waals surface area contributed by atoms with Crippen molar-refractivity contribution in [3.05, 3.63) is 27.7 Å². The lowest BCUT2D eigenvalue weighted by atomic mass is 10.1. The van der Waals surface area contributed by atoms with Gasteiger partial charge in [-0.2, -0.15) is 0 Å². The zero-order valence-electron chi connectivity index (χ0n) is 9.00. The molecule has 1 amide bonds. The summed E-state index contributed by atoms with van der Waals surface area (Å²) in [4.78, 5) is 17.8. The molecule has 1 atom stereocenters. The number of carbonyl (C=O) groups is 1. The summed E-state index contributed by atoms with van der Waals surface area (Å²) in [6.45, 7) is 2.38. The number of carbonyl (C=O) groups excluding carboxylic acids is 1. The van der Waals surface area contributed by atoms with Crippen molar-refractivity contribution in [3.8, 4) is 0 Å². The third-order valence-electron chi connectivity index (χ3n) is 3.08. The molecule has 2 aliphatic rings. The van der Waals surface area contributed by atoms with Crippen molar-refractivity contribution in [1.29, 1.82) is 0 Å². The molecule has 0 radical (unpaired) electrons. The van der Waals surface area contributed by atoms with Gasteiger partial charge in [0.15, 0.2) is 0 Å². The van der Waals surface area contributed by atoms with E-state index in [-0.39, 0.29) is 11.9 Å². The lowest BCUT2D eigenvalue weighted by Gasteiger charge is -2.26. The van der Waals surface area contributed by atoms with E-state index in [1.165, 1.54) is 0 Å². The number of aliphatic imine (C=N–C) groups is 1. The molecule has 1 fully saturated rings. The largest absolute Gasteiger partial charge is 0.326 e. The highest BCUT2D eigenvalue weighted by atomic mass is 35.5. The van der Waals surface area contributed by atoms with Gasteiger partial charge in [-0.15, -0.1) is 0 Å². The molecular weight excluding hydrogens is 261 g/mol. The Balaban J connectivity index is 2.12. The highest BCUT2D eigenvalue weighted by Gasteiger charge is 2.36. The van der Waals surface area contributed by atoms with Gasteiger partial charge < -0.3 is 4.90 Å². The second-order valence-corrected chi connectivity index (χ2v) is 4.87. The van der Waals surface area contributed by atoms with Crippen molar-refractivity contribution in [2.45, 2.75) is 19.5 Å². The number of rotatable bonds is 0. The van der Waals surface area contributed by atoms with Crippen molar-refractivity contribution in [1.82, 2.24) is 10.2 Å². The number of amides is 1. The summed E-state index contributed by atoms with van der Waals surface area (Å²) in [6, 6.07) is 3.29. The van der Waals surface area contributed by atoms with E-state index < -0.39 is 0 Å². The van der Waals surface area contributed by atoms with Crippen LogP contribution in [0.1, 0.15) is 12.5 Å². The molecule has 17 heavy (non-hydrogen) atoms. The molecule has 1 N–H and O–H groups in total.